The van der Waals surface area contributed by atoms with Crippen LogP contribution in [0.4, 0.5) is 13.2 Å². The number of ether oxygens (including phenoxy) is 1. The Morgan fingerprint density at radius 2 is 2.10 bits per heavy atom. The molecule has 1 fully saturated rings. The first-order valence-corrected chi connectivity index (χ1v) is 7.06. The normalized spacial score (nSPS) is 20.4. The molecule has 5 nitrogen and oxygen atoms in total. The Labute approximate surface area is 121 Å². The average Bonchev–Trinajstić information content (AvgIpc) is 2.50. The Kier molecular flexibility index (Phi) is 6.94. The van der Waals surface area contributed by atoms with E-state index in [2.05, 4.69) is 10.1 Å². The number of hydrogen-bond donors (Lipinski definition) is 1. The van der Waals surface area contributed by atoms with Crippen LogP contribution in [0.1, 0.15) is 32.6 Å². The Morgan fingerprint density at radius 1 is 1.38 bits per heavy atom. The van der Waals surface area contributed by atoms with Crippen molar-refractivity contribution in [1.29, 1.82) is 0 Å². The number of halogens is 3. The molecule has 122 valence electrons. The quantitative estimate of drug-likeness (QED) is 0.725. The number of hydrogen-bond acceptors (Lipinski definition) is 3. The molecule has 8 heteroatoms. The monoisotopic (exact) mass is 310 g/mol. The molecule has 1 aliphatic heterocycles. The van der Waals surface area contributed by atoms with Crippen molar-refractivity contribution in [2.45, 2.75) is 44.8 Å². The fourth-order valence-corrected chi connectivity index (χ4v) is 2.15. The fourth-order valence-electron chi connectivity index (χ4n) is 2.15. The van der Waals surface area contributed by atoms with E-state index in [1.807, 2.05) is 6.92 Å². The molecule has 1 N–H and O–H groups in total. The van der Waals surface area contributed by atoms with Gasteiger partial charge in [0, 0.05) is 26.1 Å². The lowest BCUT2D eigenvalue weighted by molar-refractivity contribution is -0.174. The first kappa shape index (κ1) is 17.7. The summed E-state index contributed by atoms with van der Waals surface area (Å²) in [6.07, 6.45) is -2.48. The second-order valence-corrected chi connectivity index (χ2v) is 5.01. The van der Waals surface area contributed by atoms with E-state index >= 15 is 0 Å². The summed E-state index contributed by atoms with van der Waals surface area (Å²) in [6.45, 7) is 1.16. The Balaban J connectivity index is 2.38. The number of carbonyl (C=O) groups excluding carboxylic acids is 2. The molecule has 0 spiro atoms. The van der Waals surface area contributed by atoms with E-state index in [1.165, 1.54) is 4.90 Å². The zero-order valence-electron chi connectivity index (χ0n) is 12.0. The molecule has 0 aromatic carbocycles. The summed E-state index contributed by atoms with van der Waals surface area (Å²) in [5, 5.41) is 2.67. The van der Waals surface area contributed by atoms with Crippen LogP contribution in [0.25, 0.3) is 0 Å². The van der Waals surface area contributed by atoms with Crippen LogP contribution in [-0.2, 0) is 14.3 Å². The van der Waals surface area contributed by atoms with Crippen LogP contribution in [-0.4, -0.2) is 55.2 Å². The third-order valence-electron chi connectivity index (χ3n) is 3.11. The zero-order chi connectivity index (χ0) is 15.9. The lowest BCUT2D eigenvalue weighted by atomic mass is 10.1. The second kappa shape index (κ2) is 8.21. The molecule has 1 unspecified atom stereocenters. The Bertz CT molecular complexity index is 361. The van der Waals surface area contributed by atoms with Crippen molar-refractivity contribution in [2.75, 3.05) is 26.3 Å². The van der Waals surface area contributed by atoms with Crippen molar-refractivity contribution in [3.05, 3.63) is 0 Å². The maximum atomic E-state index is 12.2. The summed E-state index contributed by atoms with van der Waals surface area (Å²) >= 11 is 0. The van der Waals surface area contributed by atoms with E-state index in [0.717, 1.165) is 6.42 Å². The molecule has 0 aromatic rings. The maximum Gasteiger partial charge on any atom is 0.411 e. The van der Waals surface area contributed by atoms with Crippen LogP contribution >= 0.6 is 0 Å². The largest absolute Gasteiger partial charge is 0.411 e. The summed E-state index contributed by atoms with van der Waals surface area (Å²) in [5.74, 6) is -0.337. The third-order valence-corrected chi connectivity index (χ3v) is 3.11. The molecule has 0 saturated carbocycles. The molecule has 0 radical (unpaired) electrons. The molecular weight excluding hydrogens is 289 g/mol. The first-order chi connectivity index (χ1) is 9.83. The van der Waals surface area contributed by atoms with Gasteiger partial charge < -0.3 is 15.0 Å². The van der Waals surface area contributed by atoms with E-state index in [9.17, 15) is 22.8 Å². The van der Waals surface area contributed by atoms with E-state index < -0.39 is 18.8 Å². The molecule has 1 rings (SSSR count). The van der Waals surface area contributed by atoms with E-state index in [1.54, 1.807) is 0 Å². The Hall–Kier alpha value is -1.31. The van der Waals surface area contributed by atoms with Crippen molar-refractivity contribution in [3.63, 3.8) is 0 Å². The van der Waals surface area contributed by atoms with Gasteiger partial charge in [-0.3, -0.25) is 9.59 Å². The standard InChI is InChI=1S/C13H21F3N2O3/c1-2-4-10-12(20)18(7-5-11(19)17-10)6-3-8-21-9-13(14,15)16/h10H,2-9H2,1H3,(H,17,19). The topological polar surface area (TPSA) is 58.6 Å². The number of amides is 2. The van der Waals surface area contributed by atoms with Gasteiger partial charge in [-0.15, -0.1) is 0 Å². The first-order valence-electron chi connectivity index (χ1n) is 7.06. The van der Waals surface area contributed by atoms with Crippen LogP contribution < -0.4 is 5.32 Å². The van der Waals surface area contributed by atoms with Gasteiger partial charge in [-0.05, 0) is 12.8 Å². The van der Waals surface area contributed by atoms with Gasteiger partial charge in [-0.1, -0.05) is 13.3 Å². The molecule has 21 heavy (non-hydrogen) atoms. The molecule has 1 aliphatic rings. The number of rotatable bonds is 7. The highest BCUT2D eigenvalue weighted by atomic mass is 19.4. The minimum absolute atomic E-state index is 0.0664. The molecule has 0 aromatic heterocycles. The second-order valence-electron chi connectivity index (χ2n) is 5.01. The number of alkyl halides is 3. The van der Waals surface area contributed by atoms with Gasteiger partial charge in [-0.2, -0.15) is 13.2 Å². The predicted molar refractivity (Wildman–Crippen MR) is 69.5 cm³/mol. The van der Waals surface area contributed by atoms with E-state index in [0.29, 0.717) is 25.9 Å². The summed E-state index contributed by atoms with van der Waals surface area (Å²) in [5.41, 5.74) is 0. The number of nitrogens with one attached hydrogen (secondary N) is 1. The highest BCUT2D eigenvalue weighted by molar-refractivity contribution is 5.89. The summed E-state index contributed by atoms with van der Waals surface area (Å²) < 4.78 is 40.2. The van der Waals surface area contributed by atoms with Crippen LogP contribution in [0.15, 0.2) is 0 Å². The van der Waals surface area contributed by atoms with Crippen molar-refractivity contribution in [1.82, 2.24) is 10.2 Å². The van der Waals surface area contributed by atoms with Gasteiger partial charge in [0.1, 0.15) is 12.6 Å². The summed E-state index contributed by atoms with van der Waals surface area (Å²) in [4.78, 5) is 25.2. The summed E-state index contributed by atoms with van der Waals surface area (Å²) in [6, 6.07) is -0.527. The van der Waals surface area contributed by atoms with Crippen LogP contribution in [0.2, 0.25) is 0 Å². The maximum absolute atomic E-state index is 12.2. The van der Waals surface area contributed by atoms with Crippen molar-refractivity contribution in [2.24, 2.45) is 0 Å². The average molecular weight is 310 g/mol. The molecule has 0 aliphatic carbocycles. The van der Waals surface area contributed by atoms with Crippen LogP contribution in [0.3, 0.4) is 0 Å². The fraction of sp³-hybridized carbons (Fsp3) is 0.846. The van der Waals surface area contributed by atoms with Crippen LogP contribution in [0.5, 0.6) is 0 Å². The van der Waals surface area contributed by atoms with Gasteiger partial charge in [0.15, 0.2) is 0 Å². The lowest BCUT2D eigenvalue weighted by Crippen LogP contribution is -2.45. The smallest absolute Gasteiger partial charge is 0.372 e. The van der Waals surface area contributed by atoms with Crippen molar-refractivity contribution < 1.29 is 27.5 Å². The highest BCUT2D eigenvalue weighted by Crippen LogP contribution is 2.14. The Morgan fingerprint density at radius 3 is 2.71 bits per heavy atom. The zero-order valence-corrected chi connectivity index (χ0v) is 12.0. The lowest BCUT2D eigenvalue weighted by Gasteiger charge is -2.23. The molecule has 1 atom stereocenters. The molecular formula is C13H21F3N2O3. The van der Waals surface area contributed by atoms with Gasteiger partial charge in [0.2, 0.25) is 11.8 Å². The highest BCUT2D eigenvalue weighted by Gasteiger charge is 2.29. The minimum atomic E-state index is -4.33. The van der Waals surface area contributed by atoms with Crippen molar-refractivity contribution in [3.8, 4) is 0 Å². The molecule has 1 saturated heterocycles. The summed E-state index contributed by atoms with van der Waals surface area (Å²) in [7, 11) is 0. The van der Waals surface area contributed by atoms with Gasteiger partial charge in [0.25, 0.3) is 0 Å². The van der Waals surface area contributed by atoms with E-state index in [-0.39, 0.29) is 24.8 Å². The SMILES string of the molecule is CCCC1NC(=O)CCN(CCCOCC(F)(F)F)C1=O. The number of nitrogens with zero attached hydrogens (tertiary/aromatic N) is 1. The molecule has 0 bridgehead atoms. The minimum Gasteiger partial charge on any atom is -0.372 e. The number of carbonyl (C=O) groups is 2. The predicted octanol–water partition coefficient (Wildman–Crippen LogP) is 1.47. The van der Waals surface area contributed by atoms with Gasteiger partial charge in [-0.25, -0.2) is 0 Å². The van der Waals surface area contributed by atoms with Crippen molar-refractivity contribution >= 4 is 11.8 Å². The van der Waals surface area contributed by atoms with Gasteiger partial charge >= 0.3 is 6.18 Å². The third kappa shape index (κ3) is 6.79. The molecule has 2 amide bonds. The van der Waals surface area contributed by atoms with Gasteiger partial charge in [0.05, 0.1) is 0 Å². The molecule has 1 heterocycles. The van der Waals surface area contributed by atoms with E-state index in [4.69, 9.17) is 0 Å². The van der Waals surface area contributed by atoms with Crippen LogP contribution in [0, 0.1) is 0 Å².